The molecule has 0 bridgehead atoms. The van der Waals surface area contributed by atoms with Crippen molar-refractivity contribution >= 4 is 0 Å². The lowest BCUT2D eigenvalue weighted by molar-refractivity contribution is 0.228. The molecular formula is C10H22N2. The van der Waals surface area contributed by atoms with E-state index in [-0.39, 0.29) is 0 Å². The zero-order valence-corrected chi connectivity index (χ0v) is 8.02. The second-order valence-corrected chi connectivity index (χ2v) is 4.18. The molecule has 0 saturated heterocycles. The van der Waals surface area contributed by atoms with E-state index in [0.717, 1.165) is 13.1 Å². The summed E-state index contributed by atoms with van der Waals surface area (Å²) in [4.78, 5) is 0. The zero-order valence-electron chi connectivity index (χ0n) is 8.02. The zero-order chi connectivity index (χ0) is 8.86. The van der Waals surface area contributed by atoms with Crippen LogP contribution in [0, 0.1) is 5.41 Å². The molecule has 1 aliphatic rings. The van der Waals surface area contributed by atoms with E-state index >= 15 is 0 Å². The molecule has 0 aliphatic heterocycles. The van der Waals surface area contributed by atoms with Gasteiger partial charge in [0, 0.05) is 0 Å². The summed E-state index contributed by atoms with van der Waals surface area (Å²) in [6.07, 6.45) is 9.32. The maximum atomic E-state index is 5.79. The van der Waals surface area contributed by atoms with E-state index in [0.29, 0.717) is 5.41 Å². The Morgan fingerprint density at radius 2 is 1.17 bits per heavy atom. The first-order valence-corrected chi connectivity index (χ1v) is 5.23. The Balaban J connectivity index is 2.45. The molecule has 1 saturated carbocycles. The second kappa shape index (κ2) is 4.83. The van der Waals surface area contributed by atoms with Crippen LogP contribution < -0.4 is 11.5 Å². The minimum Gasteiger partial charge on any atom is -0.330 e. The van der Waals surface area contributed by atoms with E-state index in [2.05, 4.69) is 0 Å². The third-order valence-corrected chi connectivity index (χ3v) is 3.28. The van der Waals surface area contributed by atoms with E-state index in [4.69, 9.17) is 11.5 Å². The maximum absolute atomic E-state index is 5.79. The molecule has 0 aromatic rings. The van der Waals surface area contributed by atoms with Crippen LogP contribution in [0.3, 0.4) is 0 Å². The summed E-state index contributed by atoms with van der Waals surface area (Å²) in [6, 6.07) is 0. The normalized spacial score (nSPS) is 24.5. The highest BCUT2D eigenvalue weighted by Gasteiger charge is 2.26. The number of nitrogens with two attached hydrogens (primary N) is 2. The summed E-state index contributed by atoms with van der Waals surface area (Å²) >= 11 is 0. The van der Waals surface area contributed by atoms with Gasteiger partial charge in [0.25, 0.3) is 0 Å². The van der Waals surface area contributed by atoms with Crippen LogP contribution in [-0.2, 0) is 0 Å². The molecule has 1 aliphatic carbocycles. The van der Waals surface area contributed by atoms with Crippen LogP contribution in [0.4, 0.5) is 0 Å². The topological polar surface area (TPSA) is 52.0 Å². The maximum Gasteiger partial charge on any atom is -0.000844 e. The van der Waals surface area contributed by atoms with Crippen molar-refractivity contribution in [2.75, 3.05) is 13.1 Å². The Hall–Kier alpha value is -0.0800. The Morgan fingerprint density at radius 3 is 1.58 bits per heavy atom. The summed E-state index contributed by atoms with van der Waals surface area (Å²) in [5.41, 5.74) is 11.9. The minimum absolute atomic E-state index is 0.292. The molecule has 0 aromatic carbocycles. The van der Waals surface area contributed by atoms with Crippen LogP contribution >= 0.6 is 0 Å². The van der Waals surface area contributed by atoms with Crippen LogP contribution in [-0.4, -0.2) is 13.1 Å². The van der Waals surface area contributed by atoms with Crippen molar-refractivity contribution in [3.05, 3.63) is 0 Å². The van der Waals surface area contributed by atoms with Crippen LogP contribution in [0.2, 0.25) is 0 Å². The fraction of sp³-hybridized carbons (Fsp3) is 1.00. The van der Waals surface area contributed by atoms with E-state index in [1.165, 1.54) is 44.9 Å². The van der Waals surface area contributed by atoms with Crippen molar-refractivity contribution < 1.29 is 0 Å². The third kappa shape index (κ3) is 2.46. The van der Waals surface area contributed by atoms with Gasteiger partial charge in [0.05, 0.1) is 0 Å². The molecular weight excluding hydrogens is 148 g/mol. The monoisotopic (exact) mass is 170 g/mol. The minimum atomic E-state index is 0.292. The molecule has 0 unspecified atom stereocenters. The van der Waals surface area contributed by atoms with Crippen molar-refractivity contribution in [2.24, 2.45) is 16.9 Å². The predicted octanol–water partition coefficient (Wildman–Crippen LogP) is 1.63. The van der Waals surface area contributed by atoms with Gasteiger partial charge in [0.1, 0.15) is 0 Å². The largest absolute Gasteiger partial charge is 0.330 e. The molecule has 0 amide bonds. The summed E-state index contributed by atoms with van der Waals surface area (Å²) in [6.45, 7) is 1.56. The van der Waals surface area contributed by atoms with Crippen molar-refractivity contribution in [3.63, 3.8) is 0 Å². The van der Waals surface area contributed by atoms with Crippen LogP contribution in [0.5, 0.6) is 0 Å². The molecule has 1 rings (SSSR count). The van der Waals surface area contributed by atoms with E-state index in [1.54, 1.807) is 0 Å². The van der Waals surface area contributed by atoms with Gasteiger partial charge >= 0.3 is 0 Å². The van der Waals surface area contributed by atoms with Gasteiger partial charge in [-0.15, -0.1) is 0 Å². The average molecular weight is 170 g/mol. The lowest BCUT2D eigenvalue weighted by atomic mass is 9.76. The van der Waals surface area contributed by atoms with Gasteiger partial charge in [-0.2, -0.15) is 0 Å². The second-order valence-electron chi connectivity index (χ2n) is 4.18. The van der Waals surface area contributed by atoms with Gasteiger partial charge in [-0.05, 0) is 31.3 Å². The molecule has 0 heterocycles. The quantitative estimate of drug-likeness (QED) is 0.662. The number of hydrogen-bond donors (Lipinski definition) is 2. The van der Waals surface area contributed by atoms with E-state index in [9.17, 15) is 0 Å². The first-order chi connectivity index (χ1) is 5.83. The Bertz CT molecular complexity index is 109. The summed E-state index contributed by atoms with van der Waals surface area (Å²) in [7, 11) is 0. The van der Waals surface area contributed by atoms with Crippen LogP contribution in [0.1, 0.15) is 44.9 Å². The molecule has 0 radical (unpaired) electrons. The highest BCUT2D eigenvalue weighted by atomic mass is 14.7. The Kier molecular flexibility index (Phi) is 4.02. The van der Waals surface area contributed by atoms with Gasteiger partial charge in [-0.3, -0.25) is 0 Å². The lowest BCUT2D eigenvalue weighted by Gasteiger charge is -2.32. The van der Waals surface area contributed by atoms with E-state index in [1.807, 2.05) is 0 Å². The molecule has 2 heteroatoms. The fourth-order valence-electron chi connectivity index (χ4n) is 2.15. The van der Waals surface area contributed by atoms with Gasteiger partial charge in [0.2, 0.25) is 0 Å². The third-order valence-electron chi connectivity index (χ3n) is 3.28. The smallest absolute Gasteiger partial charge is 0.000844 e. The molecule has 12 heavy (non-hydrogen) atoms. The summed E-state index contributed by atoms with van der Waals surface area (Å²) in [5, 5.41) is 0. The molecule has 0 aromatic heterocycles. The highest BCUT2D eigenvalue weighted by Crippen LogP contribution is 2.31. The van der Waals surface area contributed by atoms with Gasteiger partial charge in [0.15, 0.2) is 0 Å². The predicted molar refractivity (Wildman–Crippen MR) is 52.9 cm³/mol. The average Bonchev–Trinajstić information content (AvgIpc) is 2.06. The Morgan fingerprint density at radius 1 is 0.750 bits per heavy atom. The van der Waals surface area contributed by atoms with Crippen molar-refractivity contribution in [3.8, 4) is 0 Å². The lowest BCUT2D eigenvalue weighted by Crippen LogP contribution is -2.38. The molecule has 0 atom stereocenters. The molecule has 2 nitrogen and oxygen atoms in total. The summed E-state index contributed by atoms with van der Waals surface area (Å²) < 4.78 is 0. The van der Waals surface area contributed by atoms with Crippen LogP contribution in [0.25, 0.3) is 0 Å². The standard InChI is InChI=1S/C10H22N2/c11-8-10(9-12)6-4-2-1-3-5-7-10/h1-9,11-12H2. The Labute approximate surface area is 75.7 Å². The summed E-state index contributed by atoms with van der Waals surface area (Å²) in [5.74, 6) is 0. The molecule has 1 fully saturated rings. The van der Waals surface area contributed by atoms with Gasteiger partial charge < -0.3 is 11.5 Å². The van der Waals surface area contributed by atoms with Crippen molar-refractivity contribution in [2.45, 2.75) is 44.9 Å². The molecule has 4 N–H and O–H groups in total. The van der Waals surface area contributed by atoms with Crippen LogP contribution in [0.15, 0.2) is 0 Å². The SMILES string of the molecule is NCC1(CN)CCCCCCC1. The number of rotatable bonds is 2. The van der Waals surface area contributed by atoms with E-state index < -0.39 is 0 Å². The number of hydrogen-bond acceptors (Lipinski definition) is 2. The molecule has 72 valence electrons. The van der Waals surface area contributed by atoms with Crippen molar-refractivity contribution in [1.29, 1.82) is 0 Å². The first-order valence-electron chi connectivity index (χ1n) is 5.23. The first kappa shape index (κ1) is 10.0. The van der Waals surface area contributed by atoms with Gasteiger partial charge in [-0.25, -0.2) is 0 Å². The van der Waals surface area contributed by atoms with Gasteiger partial charge in [-0.1, -0.05) is 32.1 Å². The van der Waals surface area contributed by atoms with Crippen molar-refractivity contribution in [1.82, 2.24) is 0 Å². The highest BCUT2D eigenvalue weighted by molar-refractivity contribution is 4.82. The molecule has 0 spiro atoms. The fourth-order valence-corrected chi connectivity index (χ4v) is 2.15.